The number of ether oxygens (including phenoxy) is 1. The molecule has 3 heteroatoms. The zero-order chi connectivity index (χ0) is 13.6. The van der Waals surface area contributed by atoms with Crippen LogP contribution in [0.25, 0.3) is 4.85 Å². The molecule has 3 atom stereocenters. The first-order valence-electron chi connectivity index (χ1n) is 6.53. The topological polar surface area (TPSA) is 30.7 Å². The highest BCUT2D eigenvalue weighted by Gasteiger charge is 2.53. The van der Waals surface area contributed by atoms with Crippen LogP contribution in [0.4, 0.5) is 0 Å². The Morgan fingerprint density at radius 2 is 2.06 bits per heavy atom. The Morgan fingerprint density at radius 3 is 2.61 bits per heavy atom. The van der Waals surface area contributed by atoms with Crippen molar-refractivity contribution in [3.8, 4) is 0 Å². The number of methoxy groups -OCH3 is 1. The van der Waals surface area contributed by atoms with Gasteiger partial charge in [-0.05, 0) is 30.6 Å². The number of ketones is 1. The van der Waals surface area contributed by atoms with Crippen molar-refractivity contribution < 1.29 is 9.53 Å². The summed E-state index contributed by atoms with van der Waals surface area (Å²) in [6, 6.07) is 0. The predicted octanol–water partition coefficient (Wildman–Crippen LogP) is 3.22. The fourth-order valence-corrected chi connectivity index (χ4v) is 3.91. The van der Waals surface area contributed by atoms with E-state index in [1.165, 1.54) is 0 Å². The first-order valence-corrected chi connectivity index (χ1v) is 6.53. The molecule has 2 aliphatic carbocycles. The normalized spacial score (nSPS) is 38.6. The van der Waals surface area contributed by atoms with Gasteiger partial charge in [0, 0.05) is 12.5 Å². The molecule has 0 N–H and O–H groups in total. The minimum absolute atomic E-state index is 0.0100. The van der Waals surface area contributed by atoms with Crippen LogP contribution in [0.1, 0.15) is 40.0 Å². The second-order valence-electron chi connectivity index (χ2n) is 6.39. The molecule has 1 fully saturated rings. The molecular weight excluding hydrogens is 226 g/mol. The third kappa shape index (κ3) is 1.80. The molecule has 18 heavy (non-hydrogen) atoms. The Morgan fingerprint density at radius 1 is 1.39 bits per heavy atom. The number of Topliss-reactive ketones (excluding diaryl/α,β-unsaturated/α-hetero) is 1. The van der Waals surface area contributed by atoms with E-state index < -0.39 is 5.41 Å². The predicted molar refractivity (Wildman–Crippen MR) is 69.7 cm³/mol. The number of rotatable bonds is 1. The second-order valence-corrected chi connectivity index (χ2v) is 6.39. The Kier molecular flexibility index (Phi) is 3.11. The van der Waals surface area contributed by atoms with Gasteiger partial charge >= 0.3 is 0 Å². The number of fused-ring (bicyclic) bond motifs is 1. The quantitative estimate of drug-likeness (QED) is 0.666. The van der Waals surface area contributed by atoms with Gasteiger partial charge < -0.3 is 9.53 Å². The molecule has 0 saturated heterocycles. The van der Waals surface area contributed by atoms with Gasteiger partial charge in [-0.2, -0.15) is 0 Å². The smallest absolute Gasteiger partial charge is 0.226 e. The molecular formula is C15H21NO2. The van der Waals surface area contributed by atoms with Crippen molar-refractivity contribution in [2.24, 2.45) is 16.7 Å². The lowest BCUT2D eigenvalue weighted by Gasteiger charge is -2.52. The molecule has 0 unspecified atom stereocenters. The first-order chi connectivity index (χ1) is 8.35. The van der Waals surface area contributed by atoms with Crippen LogP contribution in [0.5, 0.6) is 0 Å². The van der Waals surface area contributed by atoms with Crippen LogP contribution in [0.15, 0.2) is 11.8 Å². The standard InChI is InChI=1S/C15H21NO2/c1-14(2)12-7-6-10(18-5)8-15(12,3)9-11(16-4)13(14)17/h9-10,12H,6-8H2,1-3,5H3/t10-,12+,15+/m0/s1. The van der Waals surface area contributed by atoms with E-state index in [1.54, 1.807) is 7.11 Å². The zero-order valence-electron chi connectivity index (χ0n) is 11.6. The van der Waals surface area contributed by atoms with Crippen LogP contribution < -0.4 is 0 Å². The van der Waals surface area contributed by atoms with Gasteiger partial charge in [-0.1, -0.05) is 26.8 Å². The number of carbonyl (C=O) groups is 1. The molecule has 0 radical (unpaired) electrons. The summed E-state index contributed by atoms with van der Waals surface area (Å²) in [5.41, 5.74) is -0.200. The van der Waals surface area contributed by atoms with E-state index in [0.717, 1.165) is 19.3 Å². The van der Waals surface area contributed by atoms with Gasteiger partial charge in [-0.15, -0.1) is 0 Å². The van der Waals surface area contributed by atoms with Crippen LogP contribution in [0.2, 0.25) is 0 Å². The maximum absolute atomic E-state index is 12.3. The van der Waals surface area contributed by atoms with Crippen molar-refractivity contribution in [2.75, 3.05) is 7.11 Å². The molecule has 2 rings (SSSR count). The summed E-state index contributed by atoms with van der Waals surface area (Å²) in [6.07, 6.45) is 5.07. The van der Waals surface area contributed by atoms with E-state index in [1.807, 2.05) is 19.9 Å². The minimum Gasteiger partial charge on any atom is -0.381 e. The molecule has 0 heterocycles. The van der Waals surface area contributed by atoms with Gasteiger partial charge in [0.05, 0.1) is 12.7 Å². The van der Waals surface area contributed by atoms with Crippen LogP contribution in [-0.2, 0) is 9.53 Å². The highest BCUT2D eigenvalue weighted by Crippen LogP contribution is 2.55. The number of hydrogen-bond donors (Lipinski definition) is 0. The average Bonchev–Trinajstić information content (AvgIpc) is 2.33. The largest absolute Gasteiger partial charge is 0.381 e. The summed E-state index contributed by atoms with van der Waals surface area (Å²) in [5, 5.41) is 0. The van der Waals surface area contributed by atoms with E-state index in [0.29, 0.717) is 11.6 Å². The average molecular weight is 247 g/mol. The highest BCUT2D eigenvalue weighted by atomic mass is 16.5. The Bertz CT molecular complexity index is 444. The molecule has 98 valence electrons. The molecule has 0 aromatic heterocycles. The van der Waals surface area contributed by atoms with Crippen molar-refractivity contribution in [3.63, 3.8) is 0 Å². The molecule has 0 aliphatic heterocycles. The SMILES string of the molecule is [C-]#[N+]C1=C[C@@]2(C)C[C@@H](OC)CC[C@@H]2C(C)(C)C1=O. The highest BCUT2D eigenvalue weighted by molar-refractivity contribution is 6.02. The van der Waals surface area contributed by atoms with Gasteiger partial charge in [-0.3, -0.25) is 0 Å². The van der Waals surface area contributed by atoms with Crippen molar-refractivity contribution in [2.45, 2.75) is 46.1 Å². The van der Waals surface area contributed by atoms with Gasteiger partial charge in [-0.25, -0.2) is 4.85 Å². The molecule has 0 bridgehead atoms. The van der Waals surface area contributed by atoms with Gasteiger partial charge in [0.2, 0.25) is 5.70 Å². The van der Waals surface area contributed by atoms with Crippen LogP contribution in [0.3, 0.4) is 0 Å². The second kappa shape index (κ2) is 4.20. The van der Waals surface area contributed by atoms with Crippen molar-refractivity contribution in [3.05, 3.63) is 23.2 Å². The molecule has 0 amide bonds. The summed E-state index contributed by atoms with van der Waals surface area (Å²) in [6.45, 7) is 13.3. The molecule has 1 saturated carbocycles. The van der Waals surface area contributed by atoms with Crippen LogP contribution >= 0.6 is 0 Å². The summed E-state index contributed by atoms with van der Waals surface area (Å²) in [7, 11) is 1.74. The van der Waals surface area contributed by atoms with Gasteiger partial charge in [0.25, 0.3) is 0 Å². The van der Waals surface area contributed by atoms with E-state index in [2.05, 4.69) is 11.8 Å². The molecule has 2 aliphatic rings. The molecule has 0 aromatic carbocycles. The van der Waals surface area contributed by atoms with E-state index >= 15 is 0 Å². The lowest BCUT2D eigenvalue weighted by atomic mass is 9.53. The number of carbonyl (C=O) groups excluding carboxylic acids is 1. The van der Waals surface area contributed by atoms with E-state index in [-0.39, 0.29) is 17.3 Å². The summed E-state index contributed by atoms with van der Waals surface area (Å²) >= 11 is 0. The summed E-state index contributed by atoms with van der Waals surface area (Å²) in [5.74, 6) is 0.324. The number of hydrogen-bond acceptors (Lipinski definition) is 2. The van der Waals surface area contributed by atoms with Crippen molar-refractivity contribution in [1.82, 2.24) is 0 Å². The summed E-state index contributed by atoms with van der Waals surface area (Å²) in [4.78, 5) is 15.7. The number of nitrogens with zero attached hydrogens (tertiary/aromatic N) is 1. The fraction of sp³-hybridized carbons (Fsp3) is 0.733. The third-order valence-corrected chi connectivity index (χ3v) is 4.85. The maximum atomic E-state index is 12.3. The third-order valence-electron chi connectivity index (χ3n) is 4.85. The monoisotopic (exact) mass is 247 g/mol. The fourth-order valence-electron chi connectivity index (χ4n) is 3.91. The lowest BCUT2D eigenvalue weighted by Crippen LogP contribution is -2.50. The minimum atomic E-state index is -0.428. The van der Waals surface area contributed by atoms with Crippen molar-refractivity contribution >= 4 is 5.78 Å². The van der Waals surface area contributed by atoms with Crippen molar-refractivity contribution in [1.29, 1.82) is 0 Å². The summed E-state index contributed by atoms with van der Waals surface area (Å²) < 4.78 is 5.48. The Hall–Kier alpha value is -1.14. The first kappa shape index (κ1) is 13.3. The molecule has 0 aromatic rings. The van der Waals surface area contributed by atoms with Crippen LogP contribution in [-0.4, -0.2) is 19.0 Å². The zero-order valence-corrected chi connectivity index (χ0v) is 11.6. The Labute approximate surface area is 109 Å². The lowest BCUT2D eigenvalue weighted by molar-refractivity contribution is -0.133. The molecule has 3 nitrogen and oxygen atoms in total. The van der Waals surface area contributed by atoms with E-state index in [9.17, 15) is 4.79 Å². The van der Waals surface area contributed by atoms with Gasteiger partial charge in [0.1, 0.15) is 0 Å². The molecule has 0 spiro atoms. The maximum Gasteiger partial charge on any atom is 0.226 e. The van der Waals surface area contributed by atoms with E-state index in [4.69, 9.17) is 11.3 Å². The van der Waals surface area contributed by atoms with Gasteiger partial charge in [0.15, 0.2) is 5.78 Å². The number of allylic oxidation sites excluding steroid dienone is 2. The Balaban J connectivity index is 2.46. The van der Waals surface area contributed by atoms with Crippen LogP contribution in [0, 0.1) is 23.3 Å².